The van der Waals surface area contributed by atoms with Gasteiger partial charge in [0.25, 0.3) is 0 Å². The van der Waals surface area contributed by atoms with Crippen LogP contribution in [0.1, 0.15) is 23.0 Å². The molecule has 2 heterocycles. The van der Waals surface area contributed by atoms with Crippen LogP contribution in [-0.4, -0.2) is 32.1 Å². The maximum absolute atomic E-state index is 11.5. The lowest BCUT2D eigenvalue weighted by molar-refractivity contribution is 0.0526. The molecule has 0 aliphatic rings. The summed E-state index contributed by atoms with van der Waals surface area (Å²) >= 11 is 8.32. The molecule has 2 aromatic rings. The molecule has 0 saturated heterocycles. The van der Waals surface area contributed by atoms with Gasteiger partial charge in [0.05, 0.1) is 6.61 Å². The molecule has 2 rings (SSSR count). The predicted octanol–water partition coefficient (Wildman–Crippen LogP) is 2.03. The second-order valence-corrected chi connectivity index (χ2v) is 5.75. The number of rotatable bonds is 5. The van der Waals surface area contributed by atoms with Crippen molar-refractivity contribution in [1.82, 2.24) is 19.6 Å². The second-order valence-electron chi connectivity index (χ2n) is 3.45. The van der Waals surface area contributed by atoms with Crippen LogP contribution in [0, 0.1) is 0 Å². The van der Waals surface area contributed by atoms with E-state index in [4.69, 9.17) is 22.1 Å². The highest BCUT2D eigenvalue weighted by Gasteiger charge is 2.14. The van der Waals surface area contributed by atoms with Crippen molar-refractivity contribution in [2.45, 2.75) is 17.8 Å². The molecule has 0 spiro atoms. The Balaban J connectivity index is 2.05. The average molecular weight is 332 g/mol. The normalized spacial score (nSPS) is 10.5. The summed E-state index contributed by atoms with van der Waals surface area (Å²) in [4.78, 5) is 19.6. The van der Waals surface area contributed by atoms with Crippen LogP contribution in [0.25, 0.3) is 0 Å². The minimum atomic E-state index is -0.534. The van der Waals surface area contributed by atoms with Crippen molar-refractivity contribution in [2.75, 3.05) is 12.3 Å². The Hall–Kier alpha value is -1.45. The zero-order chi connectivity index (χ0) is 14.5. The van der Waals surface area contributed by atoms with Crippen LogP contribution >= 0.6 is 34.9 Å². The van der Waals surface area contributed by atoms with Crippen molar-refractivity contribution >= 4 is 46.7 Å². The van der Waals surface area contributed by atoms with Crippen LogP contribution in [0.4, 0.5) is 5.82 Å². The van der Waals surface area contributed by atoms with Gasteiger partial charge in [0.2, 0.25) is 0 Å². The lowest BCUT2D eigenvalue weighted by atomic mass is 10.3. The van der Waals surface area contributed by atoms with Gasteiger partial charge >= 0.3 is 5.97 Å². The number of nitrogens with zero attached hydrogens (tertiary/aromatic N) is 4. The largest absolute Gasteiger partial charge is 0.462 e. The lowest BCUT2D eigenvalue weighted by Crippen LogP contribution is -2.10. The van der Waals surface area contributed by atoms with Gasteiger partial charge in [-0.15, -0.1) is 5.10 Å². The third-order valence-corrected chi connectivity index (χ3v) is 4.00. The van der Waals surface area contributed by atoms with Gasteiger partial charge in [-0.25, -0.2) is 14.8 Å². The molecule has 106 valence electrons. The number of nitrogen functional groups attached to an aromatic ring is 1. The number of halogens is 1. The topological polar surface area (TPSA) is 104 Å². The molecule has 0 saturated carbocycles. The van der Waals surface area contributed by atoms with Crippen LogP contribution in [0.15, 0.2) is 11.4 Å². The van der Waals surface area contributed by atoms with Crippen LogP contribution in [0.3, 0.4) is 0 Å². The summed E-state index contributed by atoms with van der Waals surface area (Å²) in [5.74, 6) is 0.0322. The van der Waals surface area contributed by atoms with E-state index in [0.29, 0.717) is 20.9 Å². The van der Waals surface area contributed by atoms with Crippen LogP contribution in [-0.2, 0) is 10.5 Å². The predicted molar refractivity (Wildman–Crippen MR) is 76.9 cm³/mol. The Kier molecular flexibility index (Phi) is 5.10. The molecular formula is C10H10ClN5O2S2. The van der Waals surface area contributed by atoms with Crippen molar-refractivity contribution in [3.8, 4) is 0 Å². The maximum Gasteiger partial charge on any atom is 0.343 e. The molecule has 20 heavy (non-hydrogen) atoms. The molecular weight excluding hydrogens is 322 g/mol. The summed E-state index contributed by atoms with van der Waals surface area (Å²) in [6, 6.07) is 0. The number of ether oxygens (including phenoxy) is 1. The Morgan fingerprint density at radius 3 is 3.00 bits per heavy atom. The lowest BCUT2D eigenvalue weighted by Gasteiger charge is -2.05. The highest BCUT2D eigenvalue weighted by atomic mass is 35.5. The maximum atomic E-state index is 11.5. The van der Waals surface area contributed by atoms with Crippen LogP contribution < -0.4 is 5.73 Å². The van der Waals surface area contributed by atoms with Gasteiger partial charge in [0.15, 0.2) is 5.16 Å². The van der Waals surface area contributed by atoms with E-state index >= 15 is 0 Å². The minimum absolute atomic E-state index is 0.0865. The second kappa shape index (κ2) is 6.82. The first-order valence-electron chi connectivity index (χ1n) is 5.51. The fourth-order valence-corrected chi connectivity index (χ4v) is 2.79. The highest BCUT2D eigenvalue weighted by Crippen LogP contribution is 2.25. The minimum Gasteiger partial charge on any atom is -0.462 e. The first-order chi connectivity index (χ1) is 9.61. The van der Waals surface area contributed by atoms with Crippen molar-refractivity contribution < 1.29 is 9.53 Å². The fraction of sp³-hybridized carbons (Fsp3) is 0.300. The molecule has 0 radical (unpaired) electrons. The standard InChI is InChI=1S/C10H10ClN5O2S2/c1-2-18-9(17)5-3-13-10(14-8(5)12)19-4-6-7(11)20-16-15-6/h3H,2,4H2,1H3,(H2,12,13,14). The molecule has 0 bridgehead atoms. The summed E-state index contributed by atoms with van der Waals surface area (Å²) in [6.45, 7) is 1.98. The van der Waals surface area contributed by atoms with Gasteiger partial charge in [0.1, 0.15) is 21.4 Å². The molecule has 0 amide bonds. The molecule has 0 fully saturated rings. The number of aromatic nitrogens is 4. The molecule has 0 aliphatic carbocycles. The quantitative estimate of drug-likeness (QED) is 0.504. The Labute approximate surface area is 128 Å². The molecule has 7 nitrogen and oxygen atoms in total. The van der Waals surface area contributed by atoms with E-state index in [1.54, 1.807) is 6.92 Å². The van der Waals surface area contributed by atoms with E-state index in [9.17, 15) is 4.79 Å². The molecule has 2 N–H and O–H groups in total. The van der Waals surface area contributed by atoms with Gasteiger partial charge in [0, 0.05) is 23.5 Å². The summed E-state index contributed by atoms with van der Waals surface area (Å²) in [7, 11) is 0. The van der Waals surface area contributed by atoms with Gasteiger partial charge in [-0.05, 0) is 6.92 Å². The third-order valence-electron chi connectivity index (χ3n) is 2.14. The molecule has 0 aliphatic heterocycles. The first-order valence-corrected chi connectivity index (χ1v) is 7.64. The molecule has 2 aromatic heterocycles. The molecule has 0 unspecified atom stereocenters. The number of carbonyl (C=O) groups is 1. The van der Waals surface area contributed by atoms with Crippen LogP contribution in [0.5, 0.6) is 0 Å². The van der Waals surface area contributed by atoms with E-state index in [1.165, 1.54) is 18.0 Å². The van der Waals surface area contributed by atoms with Gasteiger partial charge < -0.3 is 10.5 Å². The SMILES string of the molecule is CCOC(=O)c1cnc(SCc2nnsc2Cl)nc1N. The van der Waals surface area contributed by atoms with Gasteiger partial charge in [-0.1, -0.05) is 27.9 Å². The number of esters is 1. The summed E-state index contributed by atoms with van der Waals surface area (Å²) in [5.41, 5.74) is 6.54. The number of nitrogens with two attached hydrogens (primary N) is 1. The molecule has 0 atom stereocenters. The number of hydrogen-bond donors (Lipinski definition) is 1. The highest BCUT2D eigenvalue weighted by molar-refractivity contribution is 7.98. The zero-order valence-electron chi connectivity index (χ0n) is 10.4. The van der Waals surface area contributed by atoms with Crippen molar-refractivity contribution in [3.05, 3.63) is 21.8 Å². The van der Waals surface area contributed by atoms with Gasteiger partial charge in [-0.2, -0.15) is 0 Å². The fourth-order valence-electron chi connectivity index (χ4n) is 1.23. The third kappa shape index (κ3) is 3.56. The zero-order valence-corrected chi connectivity index (χ0v) is 12.8. The van der Waals surface area contributed by atoms with E-state index < -0.39 is 5.97 Å². The summed E-state index contributed by atoms with van der Waals surface area (Å²) < 4.78 is 9.11. The van der Waals surface area contributed by atoms with Gasteiger partial charge in [-0.3, -0.25) is 0 Å². The van der Waals surface area contributed by atoms with E-state index in [1.807, 2.05) is 0 Å². The number of thioether (sulfide) groups is 1. The number of hydrogen-bond acceptors (Lipinski definition) is 9. The molecule has 0 aromatic carbocycles. The summed E-state index contributed by atoms with van der Waals surface area (Å²) in [6.07, 6.45) is 1.35. The van der Waals surface area contributed by atoms with E-state index in [0.717, 1.165) is 11.5 Å². The Morgan fingerprint density at radius 2 is 2.40 bits per heavy atom. The monoisotopic (exact) mass is 331 g/mol. The smallest absolute Gasteiger partial charge is 0.343 e. The Morgan fingerprint density at radius 1 is 1.60 bits per heavy atom. The summed E-state index contributed by atoms with van der Waals surface area (Å²) in [5, 5.41) is 4.31. The van der Waals surface area contributed by atoms with Crippen molar-refractivity contribution in [2.24, 2.45) is 0 Å². The number of anilines is 1. The molecule has 10 heteroatoms. The van der Waals surface area contributed by atoms with E-state index in [-0.39, 0.29) is 18.0 Å². The first kappa shape index (κ1) is 14.9. The van der Waals surface area contributed by atoms with Crippen molar-refractivity contribution in [1.29, 1.82) is 0 Å². The van der Waals surface area contributed by atoms with Crippen molar-refractivity contribution in [3.63, 3.8) is 0 Å². The number of carbonyl (C=O) groups excluding carboxylic acids is 1. The van der Waals surface area contributed by atoms with E-state index in [2.05, 4.69) is 19.6 Å². The van der Waals surface area contributed by atoms with Crippen LogP contribution in [0.2, 0.25) is 4.34 Å². The Bertz CT molecular complexity index is 621. The average Bonchev–Trinajstić information content (AvgIpc) is 2.82.